The topological polar surface area (TPSA) is 88.1 Å². The van der Waals surface area contributed by atoms with Crippen molar-refractivity contribution in [3.63, 3.8) is 0 Å². The van der Waals surface area contributed by atoms with Crippen LogP contribution in [0.25, 0.3) is 0 Å². The Labute approximate surface area is 141 Å². The van der Waals surface area contributed by atoms with Crippen molar-refractivity contribution in [1.29, 1.82) is 0 Å². The predicted octanol–water partition coefficient (Wildman–Crippen LogP) is 2.10. The first-order valence-corrected chi connectivity index (χ1v) is 7.95. The second-order valence-electron chi connectivity index (χ2n) is 6.11. The average Bonchev–Trinajstić information content (AvgIpc) is 2.97. The zero-order valence-corrected chi connectivity index (χ0v) is 14.3. The molecular formula is C17H24N2O5. The highest BCUT2D eigenvalue weighted by Crippen LogP contribution is 2.30. The Morgan fingerprint density at radius 3 is 2.71 bits per heavy atom. The lowest BCUT2D eigenvalue weighted by atomic mass is 9.90. The van der Waals surface area contributed by atoms with Crippen LogP contribution in [-0.4, -0.2) is 48.8 Å². The van der Waals surface area contributed by atoms with Crippen LogP contribution in [0.2, 0.25) is 0 Å². The fraction of sp³-hybridized carbons (Fsp3) is 0.529. The lowest BCUT2D eigenvalue weighted by Gasteiger charge is -2.20. The number of hydrogen-bond donors (Lipinski definition) is 2. The molecule has 7 heteroatoms. The molecule has 1 aliphatic rings. The molecule has 24 heavy (non-hydrogen) atoms. The van der Waals surface area contributed by atoms with E-state index in [1.807, 2.05) is 19.1 Å². The third kappa shape index (κ3) is 3.90. The lowest BCUT2D eigenvalue weighted by Crippen LogP contribution is -2.40. The van der Waals surface area contributed by atoms with E-state index in [1.165, 1.54) is 0 Å². The summed E-state index contributed by atoms with van der Waals surface area (Å²) in [7, 11) is 1.58. The van der Waals surface area contributed by atoms with Gasteiger partial charge in [-0.2, -0.15) is 0 Å². The van der Waals surface area contributed by atoms with Gasteiger partial charge in [0.25, 0.3) is 0 Å². The highest BCUT2D eigenvalue weighted by Gasteiger charge is 2.42. The molecule has 1 saturated heterocycles. The molecule has 0 aliphatic carbocycles. The van der Waals surface area contributed by atoms with Gasteiger partial charge >= 0.3 is 12.0 Å². The van der Waals surface area contributed by atoms with Gasteiger partial charge in [-0.3, -0.25) is 4.79 Å². The number of nitrogens with one attached hydrogen (secondary N) is 1. The summed E-state index contributed by atoms with van der Waals surface area (Å²) in [5.41, 5.74) is 0.0207. The third-order valence-electron chi connectivity index (χ3n) is 4.25. The molecule has 7 nitrogen and oxygen atoms in total. The summed E-state index contributed by atoms with van der Waals surface area (Å²) < 4.78 is 10.7. The monoisotopic (exact) mass is 336 g/mol. The van der Waals surface area contributed by atoms with E-state index >= 15 is 0 Å². The van der Waals surface area contributed by atoms with Gasteiger partial charge in [0.15, 0.2) is 11.5 Å². The molecule has 132 valence electrons. The lowest BCUT2D eigenvalue weighted by molar-refractivity contribution is -0.147. The molecule has 2 rings (SSSR count). The van der Waals surface area contributed by atoms with Crippen molar-refractivity contribution >= 4 is 12.0 Å². The molecule has 1 atom stereocenters. The number of rotatable bonds is 6. The van der Waals surface area contributed by atoms with Gasteiger partial charge in [-0.25, -0.2) is 4.79 Å². The smallest absolute Gasteiger partial charge is 0.317 e. The highest BCUT2D eigenvalue weighted by molar-refractivity contribution is 5.79. The number of aliphatic carboxylic acids is 1. The van der Waals surface area contributed by atoms with E-state index in [2.05, 4.69) is 5.32 Å². The van der Waals surface area contributed by atoms with E-state index < -0.39 is 11.4 Å². The molecule has 1 aliphatic heterocycles. The van der Waals surface area contributed by atoms with E-state index in [4.69, 9.17) is 9.47 Å². The van der Waals surface area contributed by atoms with Crippen LogP contribution >= 0.6 is 0 Å². The number of urea groups is 1. The summed E-state index contributed by atoms with van der Waals surface area (Å²) in [5.74, 6) is 0.407. The van der Waals surface area contributed by atoms with Crippen LogP contribution in [0.3, 0.4) is 0 Å². The number of nitrogens with zero attached hydrogens (tertiary/aromatic N) is 1. The Morgan fingerprint density at radius 1 is 1.38 bits per heavy atom. The number of hydrogen-bond acceptors (Lipinski definition) is 4. The first-order valence-electron chi connectivity index (χ1n) is 7.95. The van der Waals surface area contributed by atoms with Gasteiger partial charge in [-0.15, -0.1) is 0 Å². The van der Waals surface area contributed by atoms with E-state index in [9.17, 15) is 14.7 Å². The Bertz CT molecular complexity index is 619. The minimum Gasteiger partial charge on any atom is -0.493 e. The van der Waals surface area contributed by atoms with Gasteiger partial charge in [0.1, 0.15) is 0 Å². The van der Waals surface area contributed by atoms with Crippen molar-refractivity contribution in [2.24, 2.45) is 5.41 Å². The molecule has 0 radical (unpaired) electrons. The van der Waals surface area contributed by atoms with Gasteiger partial charge < -0.3 is 24.8 Å². The van der Waals surface area contributed by atoms with Crippen molar-refractivity contribution in [2.45, 2.75) is 26.8 Å². The molecular weight excluding hydrogens is 312 g/mol. The van der Waals surface area contributed by atoms with Crippen molar-refractivity contribution in [2.75, 3.05) is 26.8 Å². The molecule has 2 amide bonds. The van der Waals surface area contributed by atoms with Crippen molar-refractivity contribution < 1.29 is 24.2 Å². The number of amides is 2. The summed E-state index contributed by atoms with van der Waals surface area (Å²) in [6, 6.07) is 5.22. The van der Waals surface area contributed by atoms with Crippen LogP contribution in [-0.2, 0) is 11.3 Å². The molecule has 0 bridgehead atoms. The molecule has 1 aromatic rings. The van der Waals surface area contributed by atoms with Crippen LogP contribution < -0.4 is 14.8 Å². The summed E-state index contributed by atoms with van der Waals surface area (Å²) in [5, 5.41) is 12.0. The van der Waals surface area contributed by atoms with Crippen molar-refractivity contribution in [3.8, 4) is 11.5 Å². The van der Waals surface area contributed by atoms with E-state index in [-0.39, 0.29) is 12.6 Å². The quantitative estimate of drug-likeness (QED) is 0.830. The summed E-state index contributed by atoms with van der Waals surface area (Å²) in [6.45, 7) is 5.08. The van der Waals surface area contributed by atoms with Crippen LogP contribution in [0.15, 0.2) is 18.2 Å². The number of carboxylic acid groups (broad SMARTS) is 1. The van der Waals surface area contributed by atoms with E-state index in [1.54, 1.807) is 25.0 Å². The van der Waals surface area contributed by atoms with E-state index in [0.717, 1.165) is 5.56 Å². The second-order valence-corrected chi connectivity index (χ2v) is 6.11. The maximum Gasteiger partial charge on any atom is 0.317 e. The fourth-order valence-corrected chi connectivity index (χ4v) is 2.70. The largest absolute Gasteiger partial charge is 0.493 e. The first kappa shape index (κ1) is 17.9. The van der Waals surface area contributed by atoms with Gasteiger partial charge in [0, 0.05) is 19.6 Å². The Balaban J connectivity index is 1.95. The van der Waals surface area contributed by atoms with Gasteiger partial charge in [0.2, 0.25) is 0 Å². The average molecular weight is 336 g/mol. The third-order valence-corrected chi connectivity index (χ3v) is 4.25. The molecule has 0 saturated carbocycles. The number of methoxy groups -OCH3 is 1. The zero-order valence-electron chi connectivity index (χ0n) is 14.3. The number of likely N-dealkylation sites (tertiary alicyclic amines) is 1. The Hall–Kier alpha value is -2.44. The highest BCUT2D eigenvalue weighted by atomic mass is 16.5. The Morgan fingerprint density at radius 2 is 2.12 bits per heavy atom. The van der Waals surface area contributed by atoms with Gasteiger partial charge in [-0.05, 0) is 38.0 Å². The predicted molar refractivity (Wildman–Crippen MR) is 88.3 cm³/mol. The fourth-order valence-electron chi connectivity index (χ4n) is 2.70. The molecule has 0 aromatic heterocycles. The number of carboxylic acids is 1. The molecule has 1 aromatic carbocycles. The van der Waals surface area contributed by atoms with Gasteiger partial charge in [-0.1, -0.05) is 6.07 Å². The van der Waals surface area contributed by atoms with E-state index in [0.29, 0.717) is 37.6 Å². The zero-order chi connectivity index (χ0) is 17.7. The minimum absolute atomic E-state index is 0.223. The number of ether oxygens (including phenoxy) is 2. The number of carbonyl (C=O) groups excluding carboxylic acids is 1. The first-order chi connectivity index (χ1) is 11.4. The van der Waals surface area contributed by atoms with Crippen molar-refractivity contribution in [3.05, 3.63) is 23.8 Å². The van der Waals surface area contributed by atoms with Crippen molar-refractivity contribution in [1.82, 2.24) is 10.2 Å². The Kier molecular flexibility index (Phi) is 5.54. The molecule has 1 fully saturated rings. The summed E-state index contributed by atoms with van der Waals surface area (Å²) >= 11 is 0. The molecule has 1 heterocycles. The van der Waals surface area contributed by atoms with Crippen LogP contribution in [0.5, 0.6) is 11.5 Å². The number of carbonyl (C=O) groups is 2. The maximum absolute atomic E-state index is 12.2. The maximum atomic E-state index is 12.2. The molecule has 2 N–H and O–H groups in total. The minimum atomic E-state index is -0.866. The second kappa shape index (κ2) is 7.42. The molecule has 0 spiro atoms. The molecule has 1 unspecified atom stereocenters. The van der Waals surface area contributed by atoms with Crippen LogP contribution in [0.1, 0.15) is 25.8 Å². The number of benzene rings is 1. The summed E-state index contributed by atoms with van der Waals surface area (Å²) in [4.78, 5) is 25.0. The normalized spacial score (nSPS) is 19.9. The van der Waals surface area contributed by atoms with Crippen LogP contribution in [0, 0.1) is 5.41 Å². The summed E-state index contributed by atoms with van der Waals surface area (Å²) in [6.07, 6.45) is 0.465. The standard InChI is InChI=1S/C17H24N2O5/c1-4-24-14-9-12(5-6-13(14)23-3)10-18-16(22)19-8-7-17(2,11-19)15(20)21/h5-6,9H,4,7-8,10-11H2,1-3H3,(H,18,22)(H,20,21). The van der Waals surface area contributed by atoms with Gasteiger partial charge in [0.05, 0.1) is 19.1 Å². The van der Waals surface area contributed by atoms with Crippen LogP contribution in [0.4, 0.5) is 4.79 Å². The SMILES string of the molecule is CCOc1cc(CNC(=O)N2CCC(C)(C(=O)O)C2)ccc1OC.